The largest absolute Gasteiger partial charge is 0.106 e. The van der Waals surface area contributed by atoms with Gasteiger partial charge >= 0.3 is 0 Å². The van der Waals surface area contributed by atoms with E-state index < -0.39 is 0 Å². The van der Waals surface area contributed by atoms with Gasteiger partial charge in [0, 0.05) is 0 Å². The van der Waals surface area contributed by atoms with Crippen LogP contribution in [0.1, 0.15) is 235 Å². The Bertz CT molecular complexity index is 2760. The molecule has 0 spiro atoms. The molecule has 0 aliphatic heterocycles. The quantitative estimate of drug-likeness (QED) is 0.0682. The minimum atomic E-state index is 0.536. The van der Waals surface area contributed by atoms with E-state index in [4.69, 9.17) is 19.7 Å². The Morgan fingerprint density at radius 3 is 1.41 bits per heavy atom. The van der Waals surface area contributed by atoms with Crippen molar-refractivity contribution in [2.45, 2.75) is 222 Å². The molecule has 0 heterocycles. The first-order valence-electron chi connectivity index (χ1n) is 32.2. The summed E-state index contributed by atoms with van der Waals surface area (Å²) in [5.41, 5.74) is 15.1. The van der Waals surface area contributed by atoms with Gasteiger partial charge in [0.25, 0.3) is 0 Å². The lowest BCUT2D eigenvalue weighted by Gasteiger charge is -2.32. The maximum absolute atomic E-state index is 4.86. The van der Waals surface area contributed by atoms with Gasteiger partial charge in [0.15, 0.2) is 0 Å². The summed E-state index contributed by atoms with van der Waals surface area (Å²) in [5.74, 6) is 5.23. The van der Waals surface area contributed by atoms with Crippen LogP contribution < -0.4 is 10.4 Å². The fourth-order valence-corrected chi connectivity index (χ4v) is 14.0. The maximum atomic E-state index is 4.86. The molecule has 0 saturated heterocycles. The summed E-state index contributed by atoms with van der Waals surface area (Å²) in [6, 6.07) is 30.8. The molecule has 0 heteroatoms. The number of benzene rings is 5. The van der Waals surface area contributed by atoms with Gasteiger partial charge in [-0.05, 0) is 235 Å². The van der Waals surface area contributed by atoms with Crippen molar-refractivity contribution in [1.29, 1.82) is 0 Å². The molecular weight excluding hydrogens is 961 g/mol. The zero-order chi connectivity index (χ0) is 58.7. The maximum Gasteiger partial charge on any atom is -0.00606 e. The van der Waals surface area contributed by atoms with Gasteiger partial charge in [-0.3, -0.25) is 0 Å². The Hall–Kier alpha value is -5.20. The first-order chi connectivity index (χ1) is 38.7. The first-order valence-corrected chi connectivity index (χ1v) is 32.2. The molecule has 4 aliphatic rings. The van der Waals surface area contributed by atoms with E-state index >= 15 is 0 Å². The monoisotopic (exact) mass is 1070 g/mol. The third kappa shape index (κ3) is 19.8. The lowest BCUT2D eigenvalue weighted by molar-refractivity contribution is 0.261. The molecule has 4 saturated carbocycles. The highest BCUT2D eigenvalue weighted by Crippen LogP contribution is 2.43. The predicted octanol–water partition coefficient (Wildman–Crippen LogP) is 23.4. The average molecular weight is 1080 g/mol. The SMILES string of the molecule is C=C.C=C.C=C(C)C.C=C(CC1CCC(C(=C)Cc2ccc(C3CCC(CC(=C)c4ccc(CC5CCCCC5)cc4)CC3)c3c(=C)c4ccc(C)cc4c(=C)c23)CC1)c1ccc(CC2CCC(CCC)CC2)cc1.CC.CCC. The Balaban J connectivity index is 0.000000975. The summed E-state index contributed by atoms with van der Waals surface area (Å²) in [6.07, 6.45) is 32.4. The number of hydrogen-bond acceptors (Lipinski definition) is 0. The van der Waals surface area contributed by atoms with E-state index in [0.29, 0.717) is 23.7 Å². The van der Waals surface area contributed by atoms with E-state index in [-0.39, 0.29) is 0 Å². The Labute approximate surface area is 492 Å². The van der Waals surface area contributed by atoms with E-state index in [1.165, 1.54) is 234 Å². The second-order valence-corrected chi connectivity index (χ2v) is 24.9. The second kappa shape index (κ2) is 35.6. The van der Waals surface area contributed by atoms with Crippen LogP contribution in [-0.2, 0) is 19.3 Å². The molecule has 0 N–H and O–H groups in total. The van der Waals surface area contributed by atoms with Crippen LogP contribution in [-0.4, -0.2) is 0 Å². The van der Waals surface area contributed by atoms with Crippen molar-refractivity contribution in [1.82, 2.24) is 0 Å². The third-order valence-corrected chi connectivity index (χ3v) is 18.1. The number of fused-ring (bicyclic) bond motifs is 2. The minimum absolute atomic E-state index is 0.536. The van der Waals surface area contributed by atoms with E-state index in [1.54, 1.807) is 0 Å². The van der Waals surface area contributed by atoms with Crippen molar-refractivity contribution < 1.29 is 0 Å². The number of allylic oxidation sites excluding steroid dienone is 4. The summed E-state index contributed by atoms with van der Waals surface area (Å²) in [5, 5.41) is 7.58. The van der Waals surface area contributed by atoms with Gasteiger partial charge in [-0.15, -0.1) is 32.9 Å². The highest BCUT2D eigenvalue weighted by Gasteiger charge is 2.28. The molecule has 434 valence electrons. The molecule has 0 radical (unpaired) electrons. The minimum Gasteiger partial charge on any atom is -0.106 e. The molecule has 5 aromatic carbocycles. The van der Waals surface area contributed by atoms with Crippen LogP contribution >= 0.6 is 0 Å². The standard InChI is InChI=1S/C67H84.C4H8.C3H8.C2H6.2C2H4/c1-8-12-51-16-18-55(19-17-51)44-57-24-32-59(33-25-57)46(3)40-53-20-28-60(29-21-53)48(5)42-62-36-38-64(67-49(6)63-37-15-45(2)39-65(63)50(7)66(62)67)61-34-26-54(27-35-61)41-47(4)58-30-22-56(23-31-58)43-52-13-10-9-11-14-52;1-4(2)3;1-3-2;3*1-2/h15,22-25,30-33,36-39,51-55,60-61H,3-14,16-21,26-29,34-35,40-44H2,1-2H3;1H2,2-3H3;3H2,1-2H3;1-2H3;2*1-2H2. The summed E-state index contributed by atoms with van der Waals surface area (Å²) in [7, 11) is 0. The van der Waals surface area contributed by atoms with Gasteiger partial charge < -0.3 is 0 Å². The fourth-order valence-electron chi connectivity index (χ4n) is 14.0. The van der Waals surface area contributed by atoms with Crippen LogP contribution in [0.5, 0.6) is 0 Å². The van der Waals surface area contributed by atoms with E-state index in [1.807, 2.05) is 27.7 Å². The molecule has 0 amide bonds. The molecule has 0 aromatic heterocycles. The molecule has 0 bridgehead atoms. The molecule has 9 rings (SSSR count). The predicted molar refractivity (Wildman–Crippen MR) is 364 cm³/mol. The lowest BCUT2D eigenvalue weighted by atomic mass is 9.73. The second-order valence-electron chi connectivity index (χ2n) is 24.9. The van der Waals surface area contributed by atoms with Crippen LogP contribution in [0.15, 0.2) is 143 Å². The Kier molecular flexibility index (Phi) is 30.0. The number of hydrogen-bond donors (Lipinski definition) is 0. The van der Waals surface area contributed by atoms with Gasteiger partial charge in [0.05, 0.1) is 0 Å². The zero-order valence-corrected chi connectivity index (χ0v) is 52.8. The number of rotatable bonds is 16. The summed E-state index contributed by atoms with van der Waals surface area (Å²) >= 11 is 0. The van der Waals surface area contributed by atoms with Crippen LogP contribution in [0.25, 0.3) is 45.8 Å². The van der Waals surface area contributed by atoms with Gasteiger partial charge in [-0.1, -0.05) is 227 Å². The highest BCUT2D eigenvalue weighted by atomic mass is 14.3. The molecule has 5 aromatic rings. The van der Waals surface area contributed by atoms with Gasteiger partial charge in [0.2, 0.25) is 0 Å². The lowest BCUT2D eigenvalue weighted by Crippen LogP contribution is -2.21. The van der Waals surface area contributed by atoms with Crippen LogP contribution in [0, 0.1) is 42.4 Å². The van der Waals surface area contributed by atoms with Crippen molar-refractivity contribution in [3.8, 4) is 0 Å². The van der Waals surface area contributed by atoms with Gasteiger partial charge in [0.1, 0.15) is 0 Å². The summed E-state index contributed by atoms with van der Waals surface area (Å²) in [4.78, 5) is 0. The van der Waals surface area contributed by atoms with E-state index in [9.17, 15) is 0 Å². The van der Waals surface area contributed by atoms with E-state index in [2.05, 4.69) is 153 Å². The summed E-state index contributed by atoms with van der Waals surface area (Å²) < 4.78 is 0. The zero-order valence-electron chi connectivity index (χ0n) is 52.8. The molecule has 0 unspecified atom stereocenters. The summed E-state index contributed by atoms with van der Waals surface area (Å²) in [6.45, 7) is 56.1. The van der Waals surface area contributed by atoms with Crippen molar-refractivity contribution in [2.75, 3.05) is 0 Å². The van der Waals surface area contributed by atoms with Crippen molar-refractivity contribution in [3.05, 3.63) is 192 Å². The number of aryl methyl sites for hydroxylation is 1. The van der Waals surface area contributed by atoms with E-state index in [0.717, 1.165) is 37.0 Å². The molecule has 80 heavy (non-hydrogen) atoms. The smallest absolute Gasteiger partial charge is 0.00606 e. The van der Waals surface area contributed by atoms with Crippen molar-refractivity contribution >= 4 is 45.8 Å². The molecule has 0 nitrogen and oxygen atoms in total. The van der Waals surface area contributed by atoms with Crippen LogP contribution in [0.4, 0.5) is 0 Å². The van der Waals surface area contributed by atoms with Crippen LogP contribution in [0.3, 0.4) is 0 Å². The Morgan fingerprint density at radius 1 is 0.487 bits per heavy atom. The average Bonchev–Trinajstić information content (AvgIpc) is 3.65. The highest BCUT2D eigenvalue weighted by molar-refractivity contribution is 6.03. The fraction of sp³-hybridized carbons (Fsp3) is 0.500. The van der Waals surface area contributed by atoms with Crippen molar-refractivity contribution in [2.24, 2.45) is 35.5 Å². The Morgan fingerprint density at radius 2 is 0.925 bits per heavy atom. The van der Waals surface area contributed by atoms with Crippen molar-refractivity contribution in [3.63, 3.8) is 0 Å². The molecule has 4 aliphatic carbocycles. The molecule has 0 atom stereocenters. The topological polar surface area (TPSA) is 0 Å². The first kappa shape index (κ1) is 67.3. The van der Waals surface area contributed by atoms with Crippen LogP contribution in [0.2, 0.25) is 0 Å². The normalized spacial score (nSPS) is 20.8. The molecule has 4 fully saturated rings. The third-order valence-electron chi connectivity index (χ3n) is 18.1. The van der Waals surface area contributed by atoms with Gasteiger partial charge in [-0.2, -0.15) is 0 Å². The molecular formula is C80H114. The van der Waals surface area contributed by atoms with Gasteiger partial charge in [-0.25, -0.2) is 0 Å².